The predicted molar refractivity (Wildman–Crippen MR) is 229 cm³/mol. The van der Waals surface area contributed by atoms with Gasteiger partial charge in [0.05, 0.1) is 5.69 Å². The average molecular weight is 692 g/mol. The van der Waals surface area contributed by atoms with Crippen LogP contribution in [0.3, 0.4) is 0 Å². The SMILES string of the molecule is Cc1ccccc1-c1cccc(-c2ccc(N3C4=Cc5c(c6ccccc6c6ccccc56)CC4c4cc5c(cc43)C(C)(C)c3ccccc3-5)cc2)c1C. The molecule has 0 spiro atoms. The highest BCUT2D eigenvalue weighted by Crippen LogP contribution is 2.58. The normalized spacial score (nSPS) is 16.1. The molecule has 3 aliphatic rings. The molecular formula is C53H41N. The molecule has 1 aliphatic heterocycles. The van der Waals surface area contributed by atoms with Crippen molar-refractivity contribution in [3.63, 3.8) is 0 Å². The Labute approximate surface area is 317 Å². The van der Waals surface area contributed by atoms with Crippen molar-refractivity contribution < 1.29 is 0 Å². The van der Waals surface area contributed by atoms with E-state index in [2.05, 4.69) is 190 Å². The fourth-order valence-electron chi connectivity index (χ4n) is 10.2. The standard InChI is InChI=1S/C53H41N/c1-32-14-5-6-15-36(32)38-22-13-21-37(33(38)2)34-24-26-35(27-25-34)54-51-30-45-42-19-10-8-17-40(42)39-16-7-9-18-41(39)44(45)28-47(51)48-29-46-43-20-11-12-23-49(43)53(3,4)50(46)31-52(48)54/h5-27,29-31,47H,28H2,1-4H3. The van der Waals surface area contributed by atoms with E-state index in [1.54, 1.807) is 0 Å². The average Bonchev–Trinajstić information content (AvgIpc) is 3.64. The first-order valence-corrected chi connectivity index (χ1v) is 19.4. The maximum atomic E-state index is 2.59. The lowest BCUT2D eigenvalue weighted by molar-refractivity contribution is 0.660. The molecule has 0 fully saturated rings. The molecule has 258 valence electrons. The molecule has 8 aromatic rings. The summed E-state index contributed by atoms with van der Waals surface area (Å²) in [5, 5.41) is 5.39. The first kappa shape index (κ1) is 31.4. The van der Waals surface area contributed by atoms with Crippen molar-refractivity contribution in [2.24, 2.45) is 0 Å². The maximum absolute atomic E-state index is 2.59. The maximum Gasteiger partial charge on any atom is 0.0501 e. The van der Waals surface area contributed by atoms with Gasteiger partial charge in [0.25, 0.3) is 0 Å². The van der Waals surface area contributed by atoms with Gasteiger partial charge in [-0.25, -0.2) is 0 Å². The van der Waals surface area contributed by atoms with Crippen molar-refractivity contribution in [2.75, 3.05) is 4.90 Å². The van der Waals surface area contributed by atoms with Crippen LogP contribution in [0.5, 0.6) is 0 Å². The Balaban J connectivity index is 1.11. The smallest absolute Gasteiger partial charge is 0.0501 e. The summed E-state index contributed by atoms with van der Waals surface area (Å²) in [6.45, 7) is 9.26. The van der Waals surface area contributed by atoms with Gasteiger partial charge in [-0.1, -0.05) is 141 Å². The van der Waals surface area contributed by atoms with E-state index in [0.717, 1.165) is 6.42 Å². The third-order valence-electron chi connectivity index (χ3n) is 13.0. The summed E-state index contributed by atoms with van der Waals surface area (Å²) >= 11 is 0. The quantitative estimate of drug-likeness (QED) is 0.167. The van der Waals surface area contributed by atoms with Gasteiger partial charge >= 0.3 is 0 Å². The van der Waals surface area contributed by atoms with Gasteiger partial charge in [-0.05, 0) is 144 Å². The van der Waals surface area contributed by atoms with Crippen LogP contribution in [0.25, 0.3) is 61.0 Å². The van der Waals surface area contributed by atoms with Crippen molar-refractivity contribution in [3.8, 4) is 33.4 Å². The second-order valence-electron chi connectivity index (χ2n) is 16.1. The molecule has 0 saturated carbocycles. The fraction of sp³-hybridized carbons (Fsp3) is 0.132. The molecule has 54 heavy (non-hydrogen) atoms. The lowest BCUT2D eigenvalue weighted by Crippen LogP contribution is -2.18. The van der Waals surface area contributed by atoms with E-state index in [-0.39, 0.29) is 11.3 Å². The van der Waals surface area contributed by atoms with Gasteiger partial charge in [0.15, 0.2) is 0 Å². The number of anilines is 2. The molecule has 1 atom stereocenters. The number of rotatable bonds is 3. The van der Waals surface area contributed by atoms with Crippen LogP contribution >= 0.6 is 0 Å². The third-order valence-corrected chi connectivity index (χ3v) is 13.0. The van der Waals surface area contributed by atoms with Crippen molar-refractivity contribution in [3.05, 3.63) is 196 Å². The van der Waals surface area contributed by atoms with Gasteiger partial charge < -0.3 is 4.90 Å². The van der Waals surface area contributed by atoms with Gasteiger partial charge in [-0.2, -0.15) is 0 Å². The van der Waals surface area contributed by atoms with Crippen molar-refractivity contribution >= 4 is 39.0 Å². The summed E-state index contributed by atoms with van der Waals surface area (Å²) in [7, 11) is 0. The largest absolute Gasteiger partial charge is 0.313 e. The van der Waals surface area contributed by atoms with E-state index in [1.165, 1.54) is 111 Å². The Hall–Kier alpha value is -6.18. The summed E-state index contributed by atoms with van der Waals surface area (Å²) in [5.74, 6) is 0.256. The Bertz CT molecular complexity index is 2900. The van der Waals surface area contributed by atoms with Crippen LogP contribution in [-0.2, 0) is 11.8 Å². The highest BCUT2D eigenvalue weighted by molar-refractivity contribution is 6.13. The van der Waals surface area contributed by atoms with Crippen LogP contribution in [0.1, 0.15) is 58.7 Å². The van der Waals surface area contributed by atoms with Crippen LogP contribution in [-0.4, -0.2) is 0 Å². The summed E-state index contributed by atoms with van der Waals surface area (Å²) < 4.78 is 0. The molecule has 1 heterocycles. The molecule has 0 aromatic heterocycles. The van der Waals surface area contributed by atoms with Crippen LogP contribution in [0.2, 0.25) is 0 Å². The van der Waals surface area contributed by atoms with Crippen molar-refractivity contribution in [1.29, 1.82) is 0 Å². The molecule has 0 saturated heterocycles. The number of benzene rings is 8. The van der Waals surface area contributed by atoms with Gasteiger partial charge in [0, 0.05) is 22.7 Å². The molecule has 0 amide bonds. The lowest BCUT2D eigenvalue weighted by atomic mass is 9.78. The van der Waals surface area contributed by atoms with Gasteiger partial charge in [0.2, 0.25) is 0 Å². The molecule has 1 unspecified atom stereocenters. The Morgan fingerprint density at radius 3 is 1.94 bits per heavy atom. The van der Waals surface area contributed by atoms with E-state index in [9.17, 15) is 0 Å². The zero-order chi connectivity index (χ0) is 36.3. The van der Waals surface area contributed by atoms with Crippen LogP contribution in [0.4, 0.5) is 11.4 Å². The summed E-state index contributed by atoms with van der Waals surface area (Å²) in [4.78, 5) is 2.59. The minimum Gasteiger partial charge on any atom is -0.313 e. The molecular weight excluding hydrogens is 651 g/mol. The lowest BCUT2D eigenvalue weighted by Gasteiger charge is -2.29. The molecule has 2 aliphatic carbocycles. The number of fused-ring (bicyclic) bond motifs is 12. The summed E-state index contributed by atoms with van der Waals surface area (Å²) in [5.41, 5.74) is 21.4. The van der Waals surface area contributed by atoms with Crippen LogP contribution in [0, 0.1) is 13.8 Å². The highest BCUT2D eigenvalue weighted by atomic mass is 15.2. The minimum absolute atomic E-state index is 0.0757. The van der Waals surface area contributed by atoms with Crippen LogP contribution < -0.4 is 4.90 Å². The third kappa shape index (κ3) is 4.33. The van der Waals surface area contributed by atoms with Gasteiger partial charge in [0.1, 0.15) is 0 Å². The zero-order valence-electron chi connectivity index (χ0n) is 31.2. The van der Waals surface area contributed by atoms with E-state index < -0.39 is 0 Å². The number of nitrogens with zero attached hydrogens (tertiary/aromatic N) is 1. The van der Waals surface area contributed by atoms with E-state index >= 15 is 0 Å². The van der Waals surface area contributed by atoms with E-state index in [4.69, 9.17) is 0 Å². The fourth-order valence-corrected chi connectivity index (χ4v) is 10.2. The predicted octanol–water partition coefficient (Wildman–Crippen LogP) is 14.1. The summed E-state index contributed by atoms with van der Waals surface area (Å²) in [6.07, 6.45) is 3.51. The minimum atomic E-state index is -0.0757. The van der Waals surface area contributed by atoms with E-state index in [1.807, 2.05) is 0 Å². The van der Waals surface area contributed by atoms with Crippen molar-refractivity contribution in [2.45, 2.75) is 45.4 Å². The highest BCUT2D eigenvalue weighted by Gasteiger charge is 2.43. The topological polar surface area (TPSA) is 3.24 Å². The first-order valence-electron chi connectivity index (χ1n) is 19.4. The monoisotopic (exact) mass is 691 g/mol. The Kier molecular flexibility index (Phi) is 6.62. The second kappa shape index (κ2) is 11.4. The zero-order valence-corrected chi connectivity index (χ0v) is 31.2. The molecule has 0 N–H and O–H groups in total. The number of hydrogen-bond acceptors (Lipinski definition) is 1. The van der Waals surface area contributed by atoms with Gasteiger partial charge in [-0.15, -0.1) is 0 Å². The van der Waals surface area contributed by atoms with E-state index in [0.29, 0.717) is 0 Å². The first-order chi connectivity index (χ1) is 26.4. The van der Waals surface area contributed by atoms with Gasteiger partial charge in [-0.3, -0.25) is 0 Å². The van der Waals surface area contributed by atoms with Crippen LogP contribution in [0.15, 0.2) is 157 Å². The Morgan fingerprint density at radius 2 is 1.17 bits per heavy atom. The molecule has 0 bridgehead atoms. The Morgan fingerprint density at radius 1 is 0.537 bits per heavy atom. The molecule has 1 heteroatoms. The molecule has 0 radical (unpaired) electrons. The molecule has 1 nitrogen and oxygen atoms in total. The number of allylic oxidation sites excluding steroid dienone is 1. The number of hydrogen-bond donors (Lipinski definition) is 0. The molecule has 11 rings (SSSR count). The number of aryl methyl sites for hydroxylation is 1. The summed E-state index contributed by atoms with van der Waals surface area (Å²) in [6, 6.07) is 57.0. The van der Waals surface area contributed by atoms with Crippen molar-refractivity contribution in [1.82, 2.24) is 0 Å². The second-order valence-corrected chi connectivity index (χ2v) is 16.1. The molecule has 8 aromatic carbocycles.